The van der Waals surface area contributed by atoms with Crippen molar-refractivity contribution in [2.24, 2.45) is 5.10 Å². The van der Waals surface area contributed by atoms with Gasteiger partial charge in [-0.05, 0) is 24.3 Å². The zero-order valence-electron chi connectivity index (χ0n) is 16.9. The number of non-ortho nitro benzene ring substituents is 1. The van der Waals surface area contributed by atoms with Gasteiger partial charge in [-0.15, -0.1) is 0 Å². The standard InChI is InChI=1S/C20H20N8O4/c29-17-4-2-1-3-14(17)13-21-26-19-23-18(22-15-5-7-16(8-6-15)28(30)31)24-20(25-19)27-9-11-32-12-10-27/h1-8,13,29H,9-12H2,(H2,22,23,24,25,26)/b21-13-. The molecule has 0 unspecified atom stereocenters. The molecule has 1 aliphatic heterocycles. The maximum absolute atomic E-state index is 10.9. The van der Waals surface area contributed by atoms with E-state index < -0.39 is 4.92 Å². The molecule has 0 spiro atoms. The number of aromatic nitrogens is 3. The fraction of sp³-hybridized carbons (Fsp3) is 0.200. The number of anilines is 4. The molecule has 4 rings (SSSR count). The van der Waals surface area contributed by atoms with Gasteiger partial charge in [0, 0.05) is 36.5 Å². The molecule has 12 heteroatoms. The van der Waals surface area contributed by atoms with Crippen LogP contribution in [0.3, 0.4) is 0 Å². The summed E-state index contributed by atoms with van der Waals surface area (Å²) in [6, 6.07) is 12.7. The molecule has 1 fully saturated rings. The number of nitrogens with one attached hydrogen (secondary N) is 2. The number of nitro groups is 1. The quantitative estimate of drug-likeness (QED) is 0.286. The van der Waals surface area contributed by atoms with Crippen LogP contribution >= 0.6 is 0 Å². The molecular weight excluding hydrogens is 416 g/mol. The van der Waals surface area contributed by atoms with Gasteiger partial charge in [-0.1, -0.05) is 12.1 Å². The minimum atomic E-state index is -0.464. The van der Waals surface area contributed by atoms with E-state index in [1.807, 2.05) is 4.90 Å². The van der Waals surface area contributed by atoms with E-state index in [-0.39, 0.29) is 23.3 Å². The van der Waals surface area contributed by atoms with Crippen LogP contribution in [-0.2, 0) is 4.74 Å². The lowest BCUT2D eigenvalue weighted by Crippen LogP contribution is -2.37. The predicted octanol–water partition coefficient (Wildman–Crippen LogP) is 2.51. The largest absolute Gasteiger partial charge is 0.507 e. The number of morpholine rings is 1. The second-order valence-corrected chi connectivity index (χ2v) is 6.74. The van der Waals surface area contributed by atoms with E-state index >= 15 is 0 Å². The molecular formula is C20H20N8O4. The number of aromatic hydroxyl groups is 1. The van der Waals surface area contributed by atoms with Crippen molar-refractivity contribution in [3.05, 3.63) is 64.2 Å². The Morgan fingerprint density at radius 2 is 1.78 bits per heavy atom. The number of hydrogen-bond donors (Lipinski definition) is 3. The lowest BCUT2D eigenvalue weighted by molar-refractivity contribution is -0.384. The first-order valence-electron chi connectivity index (χ1n) is 9.76. The number of benzene rings is 2. The van der Waals surface area contributed by atoms with E-state index in [1.165, 1.54) is 18.3 Å². The van der Waals surface area contributed by atoms with Crippen molar-refractivity contribution in [1.82, 2.24) is 15.0 Å². The van der Waals surface area contributed by atoms with E-state index in [0.29, 0.717) is 43.5 Å². The Hall–Kier alpha value is -4.32. The van der Waals surface area contributed by atoms with E-state index in [9.17, 15) is 15.2 Å². The van der Waals surface area contributed by atoms with Gasteiger partial charge in [-0.25, -0.2) is 5.43 Å². The summed E-state index contributed by atoms with van der Waals surface area (Å²) in [5.41, 5.74) is 3.86. The second kappa shape index (κ2) is 9.66. The summed E-state index contributed by atoms with van der Waals surface area (Å²) in [7, 11) is 0. The van der Waals surface area contributed by atoms with Gasteiger partial charge in [0.1, 0.15) is 5.75 Å². The van der Waals surface area contributed by atoms with Gasteiger partial charge in [0.05, 0.1) is 24.4 Å². The first kappa shape index (κ1) is 20.9. The third kappa shape index (κ3) is 5.23. The van der Waals surface area contributed by atoms with Crippen LogP contribution in [0.25, 0.3) is 0 Å². The summed E-state index contributed by atoms with van der Waals surface area (Å²) in [6.45, 7) is 2.37. The summed E-state index contributed by atoms with van der Waals surface area (Å²) < 4.78 is 5.39. The molecule has 1 aromatic heterocycles. The van der Waals surface area contributed by atoms with Crippen LogP contribution in [-0.4, -0.2) is 57.5 Å². The number of nitro benzene ring substituents is 1. The molecule has 164 valence electrons. The Bertz CT molecular complexity index is 1120. The molecule has 3 aromatic rings. The lowest BCUT2D eigenvalue weighted by atomic mass is 10.2. The van der Waals surface area contributed by atoms with Crippen molar-refractivity contribution in [2.75, 3.05) is 41.9 Å². The summed E-state index contributed by atoms with van der Waals surface area (Å²) in [6.07, 6.45) is 1.46. The maximum Gasteiger partial charge on any atom is 0.269 e. The minimum absolute atomic E-state index is 0.0129. The number of nitrogens with zero attached hydrogens (tertiary/aromatic N) is 6. The molecule has 0 saturated carbocycles. The SMILES string of the molecule is O=[N+]([O-])c1ccc(Nc2nc(N/N=C\c3ccccc3O)nc(N3CCOCC3)n2)cc1. The highest BCUT2D eigenvalue weighted by Gasteiger charge is 2.17. The first-order valence-corrected chi connectivity index (χ1v) is 9.76. The third-order valence-corrected chi connectivity index (χ3v) is 4.56. The highest BCUT2D eigenvalue weighted by atomic mass is 16.6. The Kier molecular flexibility index (Phi) is 6.32. The smallest absolute Gasteiger partial charge is 0.269 e. The molecule has 32 heavy (non-hydrogen) atoms. The van der Waals surface area contributed by atoms with Gasteiger partial charge in [-0.3, -0.25) is 10.1 Å². The number of rotatable bonds is 7. The number of phenolic OH excluding ortho intramolecular Hbond substituents is 1. The van der Waals surface area contributed by atoms with E-state index in [2.05, 4.69) is 30.8 Å². The van der Waals surface area contributed by atoms with Crippen molar-refractivity contribution >= 4 is 35.4 Å². The average Bonchev–Trinajstić information content (AvgIpc) is 2.81. The molecule has 0 bridgehead atoms. The topological polar surface area (TPSA) is 151 Å². The fourth-order valence-electron chi connectivity index (χ4n) is 2.93. The summed E-state index contributed by atoms with van der Waals surface area (Å²) in [5, 5.41) is 27.8. The molecule has 3 N–H and O–H groups in total. The average molecular weight is 436 g/mol. The summed E-state index contributed by atoms with van der Waals surface area (Å²) >= 11 is 0. The van der Waals surface area contributed by atoms with Crippen LogP contribution in [0.1, 0.15) is 5.56 Å². The van der Waals surface area contributed by atoms with Crippen LogP contribution in [0.4, 0.5) is 29.2 Å². The van der Waals surface area contributed by atoms with Crippen LogP contribution in [0.2, 0.25) is 0 Å². The van der Waals surface area contributed by atoms with Gasteiger partial charge < -0.3 is 20.1 Å². The van der Waals surface area contributed by atoms with Crippen LogP contribution in [0, 0.1) is 10.1 Å². The molecule has 0 atom stereocenters. The van der Waals surface area contributed by atoms with Crippen molar-refractivity contribution in [3.8, 4) is 5.75 Å². The number of ether oxygens (including phenoxy) is 1. The van der Waals surface area contributed by atoms with Crippen molar-refractivity contribution in [3.63, 3.8) is 0 Å². The predicted molar refractivity (Wildman–Crippen MR) is 119 cm³/mol. The molecule has 1 saturated heterocycles. The van der Waals surface area contributed by atoms with E-state index in [0.717, 1.165) is 0 Å². The zero-order valence-corrected chi connectivity index (χ0v) is 16.9. The van der Waals surface area contributed by atoms with Gasteiger partial charge in [-0.2, -0.15) is 20.1 Å². The number of hydrazone groups is 1. The lowest BCUT2D eigenvalue weighted by Gasteiger charge is -2.27. The maximum atomic E-state index is 10.9. The van der Waals surface area contributed by atoms with E-state index in [1.54, 1.807) is 36.4 Å². The highest BCUT2D eigenvalue weighted by Crippen LogP contribution is 2.21. The number of para-hydroxylation sites is 1. The van der Waals surface area contributed by atoms with Gasteiger partial charge >= 0.3 is 0 Å². The van der Waals surface area contributed by atoms with Crippen LogP contribution < -0.4 is 15.6 Å². The van der Waals surface area contributed by atoms with Crippen molar-refractivity contribution in [2.45, 2.75) is 0 Å². The Morgan fingerprint density at radius 3 is 2.50 bits per heavy atom. The molecule has 12 nitrogen and oxygen atoms in total. The Labute approximate surface area is 182 Å². The molecule has 1 aliphatic rings. The minimum Gasteiger partial charge on any atom is -0.507 e. The molecule has 0 aliphatic carbocycles. The molecule has 0 radical (unpaired) electrons. The fourth-order valence-corrected chi connectivity index (χ4v) is 2.93. The monoisotopic (exact) mass is 436 g/mol. The number of phenols is 1. The normalized spacial score (nSPS) is 13.8. The zero-order chi connectivity index (χ0) is 22.3. The summed E-state index contributed by atoms with van der Waals surface area (Å²) in [4.78, 5) is 25.6. The second-order valence-electron chi connectivity index (χ2n) is 6.74. The van der Waals surface area contributed by atoms with Gasteiger partial charge in [0.15, 0.2) is 0 Å². The van der Waals surface area contributed by atoms with Crippen molar-refractivity contribution in [1.29, 1.82) is 0 Å². The Balaban J connectivity index is 1.57. The highest BCUT2D eigenvalue weighted by molar-refractivity contribution is 5.83. The first-order chi connectivity index (χ1) is 15.6. The van der Waals surface area contributed by atoms with Crippen LogP contribution in [0.5, 0.6) is 5.75 Å². The summed E-state index contributed by atoms with van der Waals surface area (Å²) in [5.74, 6) is 0.976. The third-order valence-electron chi connectivity index (χ3n) is 4.56. The Morgan fingerprint density at radius 1 is 1.06 bits per heavy atom. The number of hydrogen-bond acceptors (Lipinski definition) is 11. The van der Waals surface area contributed by atoms with Gasteiger partial charge in [0.25, 0.3) is 5.69 Å². The van der Waals surface area contributed by atoms with Crippen molar-refractivity contribution < 1.29 is 14.8 Å². The molecule has 2 aromatic carbocycles. The van der Waals surface area contributed by atoms with Crippen LogP contribution in [0.15, 0.2) is 53.6 Å². The van der Waals surface area contributed by atoms with E-state index in [4.69, 9.17) is 4.74 Å². The van der Waals surface area contributed by atoms with Gasteiger partial charge in [0.2, 0.25) is 17.8 Å². The molecule has 0 amide bonds. The molecule has 2 heterocycles.